The Labute approximate surface area is 95.0 Å². The molecule has 0 bridgehead atoms. The molecule has 3 heteroatoms. The van der Waals surface area contributed by atoms with E-state index in [-0.39, 0.29) is 5.91 Å². The SMILES string of the molecule is Nc1ccc(C(=O)NC2CC2)cc1C1CC1. The van der Waals surface area contributed by atoms with Crippen LogP contribution >= 0.6 is 0 Å². The van der Waals surface area contributed by atoms with Crippen LogP contribution in [0.1, 0.15) is 47.5 Å². The molecule has 3 rings (SSSR count). The average Bonchev–Trinajstić information content (AvgIpc) is 3.13. The second kappa shape index (κ2) is 3.51. The summed E-state index contributed by atoms with van der Waals surface area (Å²) in [5.74, 6) is 0.637. The van der Waals surface area contributed by atoms with Crippen molar-refractivity contribution >= 4 is 11.6 Å². The normalized spacial score (nSPS) is 19.5. The van der Waals surface area contributed by atoms with Gasteiger partial charge in [-0.2, -0.15) is 0 Å². The van der Waals surface area contributed by atoms with Crippen LogP contribution in [0.4, 0.5) is 5.69 Å². The predicted octanol–water partition coefficient (Wildman–Crippen LogP) is 2.04. The van der Waals surface area contributed by atoms with Crippen molar-refractivity contribution in [3.05, 3.63) is 29.3 Å². The molecular weight excluding hydrogens is 200 g/mol. The summed E-state index contributed by atoms with van der Waals surface area (Å²) in [5.41, 5.74) is 8.65. The van der Waals surface area contributed by atoms with Gasteiger partial charge in [-0.1, -0.05) is 0 Å². The van der Waals surface area contributed by atoms with E-state index in [1.807, 2.05) is 18.2 Å². The molecule has 0 aliphatic heterocycles. The number of carbonyl (C=O) groups is 1. The molecule has 0 aromatic heterocycles. The zero-order chi connectivity index (χ0) is 11.1. The number of carbonyl (C=O) groups excluding carboxylic acids is 1. The molecule has 2 aliphatic carbocycles. The fourth-order valence-electron chi connectivity index (χ4n) is 1.96. The molecule has 3 N–H and O–H groups in total. The van der Waals surface area contributed by atoms with Gasteiger partial charge in [-0.25, -0.2) is 0 Å². The Morgan fingerprint density at radius 1 is 1.25 bits per heavy atom. The minimum atomic E-state index is 0.0457. The smallest absolute Gasteiger partial charge is 0.251 e. The molecule has 0 atom stereocenters. The van der Waals surface area contributed by atoms with Crippen LogP contribution in [0.2, 0.25) is 0 Å². The van der Waals surface area contributed by atoms with Gasteiger partial charge < -0.3 is 11.1 Å². The number of nitrogens with one attached hydrogen (secondary N) is 1. The lowest BCUT2D eigenvalue weighted by atomic mass is 10.0. The van der Waals surface area contributed by atoms with E-state index in [2.05, 4.69) is 5.32 Å². The molecule has 2 aliphatic rings. The van der Waals surface area contributed by atoms with Crippen LogP contribution in [-0.4, -0.2) is 11.9 Å². The summed E-state index contributed by atoms with van der Waals surface area (Å²) in [5, 5.41) is 3.00. The standard InChI is InChI=1S/C13H16N2O/c14-12-6-3-9(7-11(12)8-1-2-8)13(16)15-10-4-5-10/h3,6-8,10H,1-2,4-5,14H2,(H,15,16). The zero-order valence-corrected chi connectivity index (χ0v) is 9.20. The van der Waals surface area contributed by atoms with Gasteiger partial charge in [0.25, 0.3) is 5.91 Å². The number of nitrogens with two attached hydrogens (primary N) is 1. The summed E-state index contributed by atoms with van der Waals surface area (Å²) in [6, 6.07) is 6.05. The summed E-state index contributed by atoms with van der Waals surface area (Å²) in [6.07, 6.45) is 4.65. The van der Waals surface area contributed by atoms with Crippen molar-refractivity contribution in [1.29, 1.82) is 0 Å². The minimum Gasteiger partial charge on any atom is -0.398 e. The number of nitrogen functional groups attached to an aromatic ring is 1. The van der Waals surface area contributed by atoms with Crippen LogP contribution in [-0.2, 0) is 0 Å². The summed E-state index contributed by atoms with van der Waals surface area (Å²) < 4.78 is 0. The van der Waals surface area contributed by atoms with E-state index >= 15 is 0 Å². The second-order valence-electron chi connectivity index (χ2n) is 4.87. The number of hydrogen-bond donors (Lipinski definition) is 2. The van der Waals surface area contributed by atoms with Gasteiger partial charge in [-0.15, -0.1) is 0 Å². The fraction of sp³-hybridized carbons (Fsp3) is 0.462. The highest BCUT2D eigenvalue weighted by Crippen LogP contribution is 2.42. The third kappa shape index (κ3) is 1.90. The molecule has 3 nitrogen and oxygen atoms in total. The quantitative estimate of drug-likeness (QED) is 0.760. The lowest BCUT2D eigenvalue weighted by molar-refractivity contribution is 0.0951. The monoisotopic (exact) mass is 216 g/mol. The Bertz CT molecular complexity index is 434. The number of rotatable bonds is 3. The van der Waals surface area contributed by atoms with Crippen molar-refractivity contribution in [3.63, 3.8) is 0 Å². The van der Waals surface area contributed by atoms with Crippen LogP contribution in [0, 0.1) is 0 Å². The first kappa shape index (κ1) is 9.70. The lowest BCUT2D eigenvalue weighted by Crippen LogP contribution is -2.25. The molecule has 0 spiro atoms. The van der Waals surface area contributed by atoms with Gasteiger partial charge >= 0.3 is 0 Å². The van der Waals surface area contributed by atoms with Crippen LogP contribution < -0.4 is 11.1 Å². The second-order valence-corrected chi connectivity index (χ2v) is 4.87. The molecule has 0 radical (unpaired) electrons. The summed E-state index contributed by atoms with van der Waals surface area (Å²) >= 11 is 0. The number of amides is 1. The Hall–Kier alpha value is -1.51. The Morgan fingerprint density at radius 3 is 2.62 bits per heavy atom. The van der Waals surface area contributed by atoms with Crippen LogP contribution in [0.5, 0.6) is 0 Å². The first-order valence-corrected chi connectivity index (χ1v) is 5.94. The first-order chi connectivity index (χ1) is 7.74. The summed E-state index contributed by atoms with van der Waals surface area (Å²) in [6.45, 7) is 0. The van der Waals surface area contributed by atoms with E-state index < -0.39 is 0 Å². The van der Waals surface area contributed by atoms with Gasteiger partial charge in [-0.3, -0.25) is 4.79 Å². The van der Waals surface area contributed by atoms with Gasteiger partial charge in [0.15, 0.2) is 0 Å². The molecule has 1 aromatic carbocycles. The van der Waals surface area contributed by atoms with Crippen LogP contribution in [0.15, 0.2) is 18.2 Å². The molecule has 0 saturated heterocycles. The van der Waals surface area contributed by atoms with Crippen LogP contribution in [0.3, 0.4) is 0 Å². The third-order valence-corrected chi connectivity index (χ3v) is 3.28. The average molecular weight is 216 g/mol. The van der Waals surface area contributed by atoms with E-state index in [0.717, 1.165) is 29.7 Å². The van der Waals surface area contributed by atoms with E-state index in [0.29, 0.717) is 12.0 Å². The fourth-order valence-corrected chi connectivity index (χ4v) is 1.96. The first-order valence-electron chi connectivity index (χ1n) is 5.94. The summed E-state index contributed by atoms with van der Waals surface area (Å²) in [4.78, 5) is 11.8. The van der Waals surface area contributed by atoms with Crippen LogP contribution in [0.25, 0.3) is 0 Å². The maximum atomic E-state index is 11.8. The Balaban J connectivity index is 1.82. The lowest BCUT2D eigenvalue weighted by Gasteiger charge is -2.08. The largest absolute Gasteiger partial charge is 0.398 e. The molecule has 16 heavy (non-hydrogen) atoms. The van der Waals surface area contributed by atoms with Gasteiger partial charge in [0, 0.05) is 17.3 Å². The van der Waals surface area contributed by atoms with Crippen molar-refractivity contribution in [2.75, 3.05) is 5.73 Å². The third-order valence-electron chi connectivity index (χ3n) is 3.28. The molecule has 1 amide bonds. The van der Waals surface area contributed by atoms with Gasteiger partial charge in [0.2, 0.25) is 0 Å². The van der Waals surface area contributed by atoms with E-state index in [1.54, 1.807) is 0 Å². The predicted molar refractivity (Wildman–Crippen MR) is 63.3 cm³/mol. The maximum Gasteiger partial charge on any atom is 0.251 e. The molecule has 0 heterocycles. The Morgan fingerprint density at radius 2 is 2.00 bits per heavy atom. The van der Waals surface area contributed by atoms with Gasteiger partial charge in [-0.05, 0) is 55.4 Å². The van der Waals surface area contributed by atoms with Crippen molar-refractivity contribution in [3.8, 4) is 0 Å². The topological polar surface area (TPSA) is 55.1 Å². The van der Waals surface area contributed by atoms with E-state index in [1.165, 1.54) is 12.8 Å². The number of anilines is 1. The highest BCUT2D eigenvalue weighted by molar-refractivity contribution is 5.95. The number of hydrogen-bond acceptors (Lipinski definition) is 2. The van der Waals surface area contributed by atoms with E-state index in [9.17, 15) is 4.79 Å². The van der Waals surface area contributed by atoms with Crippen molar-refractivity contribution in [2.24, 2.45) is 0 Å². The maximum absolute atomic E-state index is 11.8. The van der Waals surface area contributed by atoms with Crippen molar-refractivity contribution in [2.45, 2.75) is 37.6 Å². The number of benzene rings is 1. The molecule has 0 unspecified atom stereocenters. The van der Waals surface area contributed by atoms with Crippen molar-refractivity contribution in [1.82, 2.24) is 5.32 Å². The van der Waals surface area contributed by atoms with E-state index in [4.69, 9.17) is 5.73 Å². The highest BCUT2D eigenvalue weighted by Gasteiger charge is 2.27. The minimum absolute atomic E-state index is 0.0457. The molecule has 2 saturated carbocycles. The zero-order valence-electron chi connectivity index (χ0n) is 9.20. The molecule has 1 aromatic rings. The molecule has 2 fully saturated rings. The molecule has 84 valence electrons. The van der Waals surface area contributed by atoms with Gasteiger partial charge in [0.1, 0.15) is 0 Å². The van der Waals surface area contributed by atoms with Crippen molar-refractivity contribution < 1.29 is 4.79 Å². The highest BCUT2D eigenvalue weighted by atomic mass is 16.1. The van der Waals surface area contributed by atoms with Gasteiger partial charge in [0.05, 0.1) is 0 Å². The Kier molecular flexibility index (Phi) is 2.13. The summed E-state index contributed by atoms with van der Waals surface area (Å²) in [7, 11) is 0. The molecular formula is C13H16N2O.